The Morgan fingerprint density at radius 2 is 2.00 bits per heavy atom. The van der Waals surface area contributed by atoms with Crippen LogP contribution in [0.25, 0.3) is 0 Å². The normalized spacial score (nSPS) is 16.4. The van der Waals surface area contributed by atoms with E-state index in [-0.39, 0.29) is 6.10 Å². The van der Waals surface area contributed by atoms with Gasteiger partial charge in [-0.2, -0.15) is 0 Å². The average molecular weight is 296 g/mol. The second kappa shape index (κ2) is 6.73. The van der Waals surface area contributed by atoms with Gasteiger partial charge < -0.3 is 15.0 Å². The zero-order chi connectivity index (χ0) is 15.4. The van der Waals surface area contributed by atoms with Crippen molar-refractivity contribution in [3.8, 4) is 5.75 Å². The van der Waals surface area contributed by atoms with Gasteiger partial charge in [0.05, 0.1) is 12.2 Å². The summed E-state index contributed by atoms with van der Waals surface area (Å²) in [5.74, 6) is 0.970. The highest BCUT2D eigenvalue weighted by Gasteiger charge is 2.15. The zero-order valence-electron chi connectivity index (χ0n) is 13.4. The van der Waals surface area contributed by atoms with Gasteiger partial charge >= 0.3 is 0 Å². The Labute approximate surface area is 132 Å². The number of nitrogens with zero attached hydrogens (tertiary/aromatic N) is 1. The molecule has 0 bridgehead atoms. The molecule has 0 fully saturated rings. The Bertz CT molecular complexity index is 612. The second-order valence-corrected chi connectivity index (χ2v) is 5.81. The molecular weight excluding hydrogens is 272 g/mol. The number of para-hydroxylation sites is 1. The molecule has 0 amide bonds. The third-order valence-corrected chi connectivity index (χ3v) is 4.13. The van der Waals surface area contributed by atoms with Crippen LogP contribution in [0.2, 0.25) is 0 Å². The lowest BCUT2D eigenvalue weighted by Gasteiger charge is -2.26. The highest BCUT2D eigenvalue weighted by atomic mass is 16.5. The highest BCUT2D eigenvalue weighted by Crippen LogP contribution is 2.30. The topological polar surface area (TPSA) is 24.5 Å². The number of likely N-dealkylation sites (N-methyl/N-ethyl adjacent to an activating group) is 1. The van der Waals surface area contributed by atoms with E-state index >= 15 is 0 Å². The molecule has 2 aromatic carbocycles. The molecule has 1 aliphatic heterocycles. The summed E-state index contributed by atoms with van der Waals surface area (Å²) in [5, 5.41) is 3.45. The third kappa shape index (κ3) is 3.35. The van der Waals surface area contributed by atoms with Crippen LogP contribution >= 0.6 is 0 Å². The number of ether oxygens (including phenoxy) is 1. The van der Waals surface area contributed by atoms with Crippen LogP contribution in [0.3, 0.4) is 0 Å². The van der Waals surface area contributed by atoms with Crippen molar-refractivity contribution in [3.63, 3.8) is 0 Å². The molecule has 1 unspecified atom stereocenters. The van der Waals surface area contributed by atoms with E-state index in [1.54, 1.807) is 0 Å². The molecule has 2 aromatic rings. The van der Waals surface area contributed by atoms with Crippen LogP contribution in [0, 0.1) is 0 Å². The second-order valence-electron chi connectivity index (χ2n) is 5.81. The number of hydrogen-bond acceptors (Lipinski definition) is 3. The van der Waals surface area contributed by atoms with Crippen molar-refractivity contribution in [1.29, 1.82) is 0 Å². The van der Waals surface area contributed by atoms with E-state index in [0.29, 0.717) is 0 Å². The van der Waals surface area contributed by atoms with Gasteiger partial charge in [-0.05, 0) is 50.1 Å². The molecule has 3 nitrogen and oxygen atoms in total. The fourth-order valence-electron chi connectivity index (χ4n) is 2.86. The maximum atomic E-state index is 5.83. The van der Waals surface area contributed by atoms with E-state index in [1.807, 2.05) is 0 Å². The lowest BCUT2D eigenvalue weighted by molar-refractivity contribution is 0.226. The van der Waals surface area contributed by atoms with Crippen LogP contribution in [0.15, 0.2) is 48.5 Å². The standard InChI is InChI=1S/C19H24N2O/c1-3-21(17-7-5-4-6-8-17)12-11-16-9-10-19-18(13-16)20-14-15(2)22-19/h4-10,13,15,20H,3,11-12,14H2,1-2H3. The van der Waals surface area contributed by atoms with Crippen molar-refractivity contribution in [2.24, 2.45) is 0 Å². The molecule has 0 saturated heterocycles. The molecule has 0 aliphatic carbocycles. The van der Waals surface area contributed by atoms with Gasteiger partial charge in [-0.3, -0.25) is 0 Å². The van der Waals surface area contributed by atoms with Gasteiger partial charge in [-0.15, -0.1) is 0 Å². The molecule has 1 N–H and O–H groups in total. The van der Waals surface area contributed by atoms with E-state index in [1.165, 1.54) is 11.3 Å². The number of fused-ring (bicyclic) bond motifs is 1. The zero-order valence-corrected chi connectivity index (χ0v) is 13.4. The van der Waals surface area contributed by atoms with Crippen LogP contribution in [0.5, 0.6) is 5.75 Å². The van der Waals surface area contributed by atoms with Crippen LogP contribution < -0.4 is 15.0 Å². The van der Waals surface area contributed by atoms with Crippen molar-refractivity contribution in [2.45, 2.75) is 26.4 Å². The quantitative estimate of drug-likeness (QED) is 0.904. The molecule has 0 saturated carbocycles. The Morgan fingerprint density at radius 1 is 1.18 bits per heavy atom. The summed E-state index contributed by atoms with van der Waals surface area (Å²) in [6.45, 7) is 7.21. The largest absolute Gasteiger partial charge is 0.487 e. The minimum absolute atomic E-state index is 0.243. The number of rotatable bonds is 5. The summed E-state index contributed by atoms with van der Waals surface area (Å²) in [7, 11) is 0. The van der Waals surface area contributed by atoms with E-state index in [0.717, 1.165) is 37.5 Å². The molecule has 1 heterocycles. The van der Waals surface area contributed by atoms with Gasteiger partial charge in [0, 0.05) is 18.8 Å². The van der Waals surface area contributed by atoms with Gasteiger partial charge in [0.2, 0.25) is 0 Å². The van der Waals surface area contributed by atoms with E-state index in [9.17, 15) is 0 Å². The minimum atomic E-state index is 0.243. The molecule has 1 atom stereocenters. The highest BCUT2D eigenvalue weighted by molar-refractivity contribution is 5.59. The molecule has 116 valence electrons. The smallest absolute Gasteiger partial charge is 0.142 e. The molecule has 0 aromatic heterocycles. The Kier molecular flexibility index (Phi) is 4.52. The molecule has 0 spiro atoms. The van der Waals surface area contributed by atoms with E-state index < -0.39 is 0 Å². The number of hydrogen-bond donors (Lipinski definition) is 1. The van der Waals surface area contributed by atoms with Crippen LogP contribution in [-0.4, -0.2) is 25.7 Å². The maximum Gasteiger partial charge on any atom is 0.142 e. The minimum Gasteiger partial charge on any atom is -0.487 e. The Hall–Kier alpha value is -2.16. The fourth-order valence-corrected chi connectivity index (χ4v) is 2.86. The molecule has 0 radical (unpaired) electrons. The maximum absolute atomic E-state index is 5.83. The van der Waals surface area contributed by atoms with Gasteiger partial charge in [0.15, 0.2) is 0 Å². The third-order valence-electron chi connectivity index (χ3n) is 4.13. The molecule has 3 rings (SSSR count). The number of nitrogens with one attached hydrogen (secondary N) is 1. The summed E-state index contributed by atoms with van der Waals surface area (Å²) in [4.78, 5) is 2.41. The Morgan fingerprint density at radius 3 is 2.77 bits per heavy atom. The van der Waals surface area contributed by atoms with Crippen LogP contribution in [0.4, 0.5) is 11.4 Å². The first kappa shape index (κ1) is 14.8. The van der Waals surface area contributed by atoms with Gasteiger partial charge in [0.1, 0.15) is 11.9 Å². The summed E-state index contributed by atoms with van der Waals surface area (Å²) in [6, 6.07) is 17.1. The van der Waals surface area contributed by atoms with Crippen molar-refractivity contribution in [3.05, 3.63) is 54.1 Å². The number of anilines is 2. The van der Waals surface area contributed by atoms with Gasteiger partial charge in [0.25, 0.3) is 0 Å². The predicted octanol–water partition coefficient (Wildman–Crippen LogP) is 3.95. The summed E-state index contributed by atoms with van der Waals surface area (Å²) in [5.41, 5.74) is 3.76. The molecular formula is C19H24N2O. The summed E-state index contributed by atoms with van der Waals surface area (Å²) >= 11 is 0. The first-order chi connectivity index (χ1) is 10.8. The van der Waals surface area contributed by atoms with E-state index in [4.69, 9.17) is 4.74 Å². The monoisotopic (exact) mass is 296 g/mol. The number of benzene rings is 2. The molecule has 1 aliphatic rings. The van der Waals surface area contributed by atoms with Crippen LogP contribution in [0.1, 0.15) is 19.4 Å². The van der Waals surface area contributed by atoms with Crippen molar-refractivity contribution in [2.75, 3.05) is 29.9 Å². The summed E-state index contributed by atoms with van der Waals surface area (Å²) < 4.78 is 5.83. The lowest BCUT2D eigenvalue weighted by atomic mass is 10.1. The van der Waals surface area contributed by atoms with Crippen molar-refractivity contribution >= 4 is 11.4 Å². The lowest BCUT2D eigenvalue weighted by Crippen LogP contribution is -2.28. The van der Waals surface area contributed by atoms with Gasteiger partial charge in [-0.25, -0.2) is 0 Å². The van der Waals surface area contributed by atoms with Crippen LogP contribution in [-0.2, 0) is 6.42 Å². The average Bonchev–Trinajstić information content (AvgIpc) is 2.56. The van der Waals surface area contributed by atoms with Crippen molar-refractivity contribution in [1.82, 2.24) is 0 Å². The Balaban J connectivity index is 1.66. The van der Waals surface area contributed by atoms with Gasteiger partial charge in [-0.1, -0.05) is 24.3 Å². The SMILES string of the molecule is CCN(CCc1ccc2c(c1)NCC(C)O2)c1ccccc1. The fraction of sp³-hybridized carbons (Fsp3) is 0.368. The van der Waals surface area contributed by atoms with E-state index in [2.05, 4.69) is 72.6 Å². The molecule has 22 heavy (non-hydrogen) atoms. The summed E-state index contributed by atoms with van der Waals surface area (Å²) in [6.07, 6.45) is 1.28. The van der Waals surface area contributed by atoms with Crippen molar-refractivity contribution < 1.29 is 4.74 Å². The first-order valence-corrected chi connectivity index (χ1v) is 8.09. The molecule has 3 heteroatoms. The predicted molar refractivity (Wildman–Crippen MR) is 93.1 cm³/mol. The first-order valence-electron chi connectivity index (χ1n) is 8.09.